The Kier molecular flexibility index (Phi) is 9.82. The zero-order valence-corrected chi connectivity index (χ0v) is 24.7. The Morgan fingerprint density at radius 1 is 0.976 bits per heavy atom. The molecule has 1 amide bonds. The fourth-order valence-corrected chi connectivity index (χ4v) is 5.37. The summed E-state index contributed by atoms with van der Waals surface area (Å²) < 4.78 is 12.5. The van der Waals surface area contributed by atoms with Gasteiger partial charge in [0.1, 0.15) is 0 Å². The Bertz CT molecular complexity index is 1440. The number of aliphatic hydroxyl groups excluding tert-OH is 1. The third kappa shape index (κ3) is 7.78. The first-order chi connectivity index (χ1) is 19.8. The molecule has 2 heterocycles. The van der Waals surface area contributed by atoms with Crippen molar-refractivity contribution in [2.24, 2.45) is 0 Å². The van der Waals surface area contributed by atoms with Gasteiger partial charge in [0.25, 0.3) is 9.70 Å². The molecule has 5 rings (SSSR count). The summed E-state index contributed by atoms with van der Waals surface area (Å²) in [7, 11) is 0. The summed E-state index contributed by atoms with van der Waals surface area (Å²) in [5.41, 5.74) is 4.34. The molecule has 3 atom stereocenters. The number of rotatable bonds is 9. The number of nitrogens with zero attached hydrogens (tertiary/aromatic N) is 4. The lowest BCUT2D eigenvalue weighted by atomic mass is 10.0. The van der Waals surface area contributed by atoms with E-state index >= 15 is 0 Å². The molecule has 1 aliphatic rings. The van der Waals surface area contributed by atoms with Crippen molar-refractivity contribution in [3.05, 3.63) is 101 Å². The Balaban J connectivity index is 1.31. The van der Waals surface area contributed by atoms with Crippen molar-refractivity contribution in [1.82, 2.24) is 25.5 Å². The fraction of sp³-hybridized carbons (Fsp3) is 0.286. The van der Waals surface area contributed by atoms with E-state index in [1.807, 2.05) is 78.9 Å². The number of hydrogen-bond acceptors (Lipinski definition) is 8. The van der Waals surface area contributed by atoms with Crippen molar-refractivity contribution in [2.75, 3.05) is 5.75 Å². The Hall–Kier alpha value is -2.70. The molecular formula is C28H26Cl3N5O4S. The zero-order chi connectivity index (χ0) is 28.8. The van der Waals surface area contributed by atoms with Gasteiger partial charge in [-0.3, -0.25) is 4.79 Å². The fourth-order valence-electron chi connectivity index (χ4n) is 4.27. The monoisotopic (exact) mass is 633 g/mol. The first-order valence-corrected chi connectivity index (χ1v) is 14.8. The molecule has 0 saturated carbocycles. The SMILES string of the molecule is O=C(NCc1ccc([C@H]2O[C@@H](CSc3nnnn3-c3ccccc3)C[C@@H](c3ccc(CO)cc3)O2)cc1)C(Cl)(Cl)Cl. The molecule has 41 heavy (non-hydrogen) atoms. The number of aliphatic hydroxyl groups is 1. The average molecular weight is 635 g/mol. The van der Waals surface area contributed by atoms with Crippen LogP contribution in [0.5, 0.6) is 0 Å². The number of carbonyl (C=O) groups excluding carboxylic acids is 1. The van der Waals surface area contributed by atoms with Crippen LogP contribution >= 0.6 is 46.6 Å². The summed E-state index contributed by atoms with van der Waals surface area (Å²) in [5, 5.41) is 24.9. The molecule has 2 N–H and O–H groups in total. The number of tetrazole rings is 1. The summed E-state index contributed by atoms with van der Waals surface area (Å²) in [4.78, 5) is 11.9. The lowest BCUT2D eigenvalue weighted by Gasteiger charge is -2.36. The molecule has 214 valence electrons. The number of nitrogens with one attached hydrogen (secondary N) is 1. The minimum Gasteiger partial charge on any atom is -0.392 e. The first kappa shape index (κ1) is 29.8. The average Bonchev–Trinajstić information content (AvgIpc) is 3.48. The number of thioether (sulfide) groups is 1. The number of amides is 1. The van der Waals surface area contributed by atoms with Crippen LogP contribution < -0.4 is 5.32 Å². The molecule has 9 nitrogen and oxygen atoms in total. The number of hydrogen-bond donors (Lipinski definition) is 2. The van der Waals surface area contributed by atoms with Gasteiger partial charge in [-0.25, -0.2) is 0 Å². The number of benzene rings is 3. The van der Waals surface area contributed by atoms with Gasteiger partial charge in [-0.2, -0.15) is 4.68 Å². The second kappa shape index (κ2) is 13.5. The summed E-state index contributed by atoms with van der Waals surface area (Å²) in [6, 6.07) is 24.9. The van der Waals surface area contributed by atoms with E-state index in [0.717, 1.165) is 27.9 Å². The normalized spacial score (nSPS) is 19.2. The van der Waals surface area contributed by atoms with Crippen LogP contribution in [0.2, 0.25) is 0 Å². The van der Waals surface area contributed by atoms with Crippen molar-refractivity contribution < 1.29 is 19.4 Å². The van der Waals surface area contributed by atoms with E-state index in [4.69, 9.17) is 44.3 Å². The van der Waals surface area contributed by atoms with Crippen LogP contribution in [0.3, 0.4) is 0 Å². The molecule has 0 unspecified atom stereocenters. The van der Waals surface area contributed by atoms with Crippen LogP contribution in [0.25, 0.3) is 5.69 Å². The molecule has 0 bridgehead atoms. The minimum absolute atomic E-state index is 0.0264. The van der Waals surface area contributed by atoms with E-state index in [1.165, 1.54) is 11.8 Å². The number of para-hydroxylation sites is 1. The molecular weight excluding hydrogens is 609 g/mol. The number of aromatic nitrogens is 4. The van der Waals surface area contributed by atoms with Gasteiger partial charge >= 0.3 is 0 Å². The third-order valence-electron chi connectivity index (χ3n) is 6.42. The third-order valence-corrected chi connectivity index (χ3v) is 7.98. The second-order valence-electron chi connectivity index (χ2n) is 9.29. The molecule has 4 aromatic rings. The topological polar surface area (TPSA) is 111 Å². The summed E-state index contributed by atoms with van der Waals surface area (Å²) in [6.07, 6.45) is -0.423. The number of halogens is 3. The molecule has 3 aromatic carbocycles. The lowest BCUT2D eigenvalue weighted by molar-refractivity contribution is -0.245. The Morgan fingerprint density at radius 3 is 2.34 bits per heavy atom. The van der Waals surface area contributed by atoms with Crippen LogP contribution in [0.15, 0.2) is 84.0 Å². The summed E-state index contributed by atoms with van der Waals surface area (Å²) in [6.45, 7) is 0.177. The Morgan fingerprint density at radius 2 is 1.66 bits per heavy atom. The van der Waals surface area contributed by atoms with Crippen molar-refractivity contribution in [2.45, 2.75) is 47.0 Å². The van der Waals surface area contributed by atoms with E-state index in [0.29, 0.717) is 17.3 Å². The standard InChI is InChI=1S/C28H26Cl3N5O4S/c29-28(30,31)26(38)32-15-18-6-12-21(13-7-18)25-39-23(14-24(40-25)20-10-8-19(16-37)9-11-20)17-41-27-33-34-35-36(27)22-4-2-1-3-5-22/h1-13,23-25,37H,14-17H2,(H,32,38)/t23-,24+,25+/m1/s1. The van der Waals surface area contributed by atoms with Gasteiger partial charge in [-0.1, -0.05) is 113 Å². The van der Waals surface area contributed by atoms with Crippen molar-refractivity contribution in [3.63, 3.8) is 0 Å². The van der Waals surface area contributed by atoms with Gasteiger partial charge < -0.3 is 19.9 Å². The summed E-state index contributed by atoms with van der Waals surface area (Å²) >= 11 is 18.4. The molecule has 1 saturated heterocycles. The number of ether oxygens (including phenoxy) is 2. The highest BCUT2D eigenvalue weighted by atomic mass is 35.6. The largest absolute Gasteiger partial charge is 0.392 e. The smallest absolute Gasteiger partial charge is 0.272 e. The number of carbonyl (C=O) groups is 1. The first-order valence-electron chi connectivity index (χ1n) is 12.7. The van der Waals surface area contributed by atoms with Crippen LogP contribution in [0.1, 0.15) is 41.1 Å². The summed E-state index contributed by atoms with van der Waals surface area (Å²) in [5.74, 6) is -0.0985. The molecule has 1 aliphatic heterocycles. The maximum Gasteiger partial charge on any atom is 0.272 e. The van der Waals surface area contributed by atoms with Crippen LogP contribution in [-0.4, -0.2) is 46.9 Å². The molecule has 1 aromatic heterocycles. The van der Waals surface area contributed by atoms with E-state index in [9.17, 15) is 9.90 Å². The van der Waals surface area contributed by atoms with Gasteiger partial charge in [0, 0.05) is 24.3 Å². The highest BCUT2D eigenvalue weighted by Crippen LogP contribution is 2.39. The van der Waals surface area contributed by atoms with Crippen LogP contribution in [-0.2, 0) is 27.4 Å². The van der Waals surface area contributed by atoms with Crippen molar-refractivity contribution in [1.29, 1.82) is 0 Å². The maximum atomic E-state index is 11.9. The van der Waals surface area contributed by atoms with Gasteiger partial charge in [0.2, 0.25) is 5.16 Å². The van der Waals surface area contributed by atoms with Crippen molar-refractivity contribution in [3.8, 4) is 5.69 Å². The Labute approximate surface area is 256 Å². The molecule has 1 fully saturated rings. The highest BCUT2D eigenvalue weighted by molar-refractivity contribution is 7.99. The van der Waals surface area contributed by atoms with E-state index in [-0.39, 0.29) is 25.4 Å². The number of alkyl halides is 3. The molecule has 0 spiro atoms. The van der Waals surface area contributed by atoms with Crippen LogP contribution in [0.4, 0.5) is 0 Å². The predicted octanol–water partition coefficient (Wildman–Crippen LogP) is 5.48. The highest BCUT2D eigenvalue weighted by Gasteiger charge is 2.33. The minimum atomic E-state index is -2.02. The second-order valence-corrected chi connectivity index (χ2v) is 12.6. The van der Waals surface area contributed by atoms with Gasteiger partial charge in [0.15, 0.2) is 6.29 Å². The maximum absolute atomic E-state index is 11.9. The predicted molar refractivity (Wildman–Crippen MR) is 157 cm³/mol. The van der Waals surface area contributed by atoms with Gasteiger partial charge in [0.05, 0.1) is 24.5 Å². The van der Waals surface area contributed by atoms with E-state index in [2.05, 4.69) is 20.8 Å². The zero-order valence-electron chi connectivity index (χ0n) is 21.6. The van der Waals surface area contributed by atoms with Gasteiger partial charge in [-0.15, -0.1) is 5.10 Å². The molecule has 0 radical (unpaired) electrons. The van der Waals surface area contributed by atoms with Crippen LogP contribution in [0, 0.1) is 0 Å². The molecule has 13 heteroatoms. The molecule has 0 aliphatic carbocycles. The quantitative estimate of drug-likeness (QED) is 0.184. The van der Waals surface area contributed by atoms with E-state index < -0.39 is 16.0 Å². The van der Waals surface area contributed by atoms with E-state index in [1.54, 1.807) is 4.68 Å². The lowest BCUT2D eigenvalue weighted by Crippen LogP contribution is -2.34. The van der Waals surface area contributed by atoms with Gasteiger partial charge in [-0.05, 0) is 39.2 Å². The van der Waals surface area contributed by atoms with Crippen molar-refractivity contribution >= 4 is 52.5 Å².